The smallest absolute Gasteiger partial charge is 0.271 e. The van der Waals surface area contributed by atoms with Crippen molar-refractivity contribution >= 4 is 21.8 Å². The number of aryl methyl sites for hydroxylation is 1. The van der Waals surface area contributed by atoms with Gasteiger partial charge in [0.25, 0.3) is 5.91 Å². The molecule has 0 aliphatic heterocycles. The fourth-order valence-corrected chi connectivity index (χ4v) is 1.54. The molecule has 0 saturated carbocycles. The molecule has 0 spiro atoms. The molecule has 0 aromatic carbocycles. The van der Waals surface area contributed by atoms with Crippen LogP contribution in [0.5, 0.6) is 0 Å². The average molecular weight is 274 g/mol. The van der Waals surface area contributed by atoms with Gasteiger partial charge in [0.15, 0.2) is 0 Å². The van der Waals surface area contributed by atoms with E-state index < -0.39 is 0 Å². The minimum atomic E-state index is -0.0992. The molecule has 0 saturated heterocycles. The molecule has 1 heterocycles. The number of nitrogens with zero attached hydrogens (tertiary/aromatic N) is 2. The summed E-state index contributed by atoms with van der Waals surface area (Å²) in [6, 6.07) is 1.71. The Morgan fingerprint density at radius 3 is 3.00 bits per heavy atom. The third-order valence-electron chi connectivity index (χ3n) is 2.01. The van der Waals surface area contributed by atoms with Crippen molar-refractivity contribution < 1.29 is 4.79 Å². The van der Waals surface area contributed by atoms with Gasteiger partial charge in [-0.15, -0.1) is 0 Å². The van der Waals surface area contributed by atoms with E-state index in [9.17, 15) is 4.79 Å². The van der Waals surface area contributed by atoms with Crippen molar-refractivity contribution in [3.05, 3.63) is 18.0 Å². The van der Waals surface area contributed by atoms with Crippen LogP contribution in [0.1, 0.15) is 30.3 Å². The highest BCUT2D eigenvalue weighted by molar-refractivity contribution is 9.09. The van der Waals surface area contributed by atoms with Gasteiger partial charge in [0.2, 0.25) is 0 Å². The van der Waals surface area contributed by atoms with Crippen molar-refractivity contribution in [3.63, 3.8) is 0 Å². The first-order valence-electron chi connectivity index (χ1n) is 5.01. The summed E-state index contributed by atoms with van der Waals surface area (Å²) in [6.45, 7) is 2.80. The number of hydrogen-bond acceptors (Lipinski definition) is 2. The Balaban J connectivity index is 2.25. The molecule has 0 radical (unpaired) electrons. The molecule has 0 aliphatic carbocycles. The Hall–Kier alpha value is -0.840. The van der Waals surface area contributed by atoms with Gasteiger partial charge < -0.3 is 5.32 Å². The van der Waals surface area contributed by atoms with E-state index in [-0.39, 0.29) is 5.91 Å². The van der Waals surface area contributed by atoms with E-state index in [1.165, 1.54) is 0 Å². The molecule has 1 aromatic heterocycles. The van der Waals surface area contributed by atoms with Crippen LogP contribution in [0, 0.1) is 0 Å². The van der Waals surface area contributed by atoms with Crippen LogP contribution in [0.25, 0.3) is 0 Å². The Kier molecular flexibility index (Phi) is 4.81. The van der Waals surface area contributed by atoms with E-state index in [0.717, 1.165) is 12.8 Å². The molecule has 1 rings (SSSR count). The minimum absolute atomic E-state index is 0.0992. The molecule has 0 aliphatic rings. The molecular formula is C10H16BrN3O. The molecule has 15 heavy (non-hydrogen) atoms. The van der Waals surface area contributed by atoms with E-state index in [1.54, 1.807) is 24.0 Å². The Morgan fingerprint density at radius 2 is 2.47 bits per heavy atom. The van der Waals surface area contributed by atoms with Gasteiger partial charge in [0.1, 0.15) is 5.69 Å². The maximum absolute atomic E-state index is 11.5. The lowest BCUT2D eigenvalue weighted by molar-refractivity contribution is 0.0947. The van der Waals surface area contributed by atoms with Crippen LogP contribution in [0.3, 0.4) is 0 Å². The van der Waals surface area contributed by atoms with E-state index >= 15 is 0 Å². The van der Waals surface area contributed by atoms with Gasteiger partial charge in [-0.2, -0.15) is 5.10 Å². The van der Waals surface area contributed by atoms with Gasteiger partial charge in [-0.25, -0.2) is 0 Å². The van der Waals surface area contributed by atoms with E-state index in [4.69, 9.17) is 0 Å². The first-order valence-corrected chi connectivity index (χ1v) is 5.93. The number of carbonyl (C=O) groups is 1. The second-order valence-corrected chi connectivity index (χ2v) is 5.12. The van der Waals surface area contributed by atoms with Crippen molar-refractivity contribution in [2.75, 3.05) is 6.54 Å². The molecular weight excluding hydrogens is 258 g/mol. The topological polar surface area (TPSA) is 46.9 Å². The Bertz CT molecular complexity index is 322. The lowest BCUT2D eigenvalue weighted by atomic mass is 10.2. The monoisotopic (exact) mass is 273 g/mol. The molecule has 1 N–H and O–H groups in total. The standard InChI is InChI=1S/C10H16BrN3O/c1-8(11)4-3-6-12-10(15)9-5-7-14(2)13-9/h5,7-8H,3-4,6H2,1-2H3,(H,12,15). The van der Waals surface area contributed by atoms with Crippen LogP contribution in [-0.2, 0) is 7.05 Å². The molecule has 1 atom stereocenters. The third-order valence-corrected chi connectivity index (χ3v) is 2.47. The molecule has 1 unspecified atom stereocenters. The summed E-state index contributed by atoms with van der Waals surface area (Å²) in [5, 5.41) is 6.85. The molecule has 84 valence electrons. The Labute approximate surface area is 98.2 Å². The van der Waals surface area contributed by atoms with Gasteiger partial charge in [-0.1, -0.05) is 22.9 Å². The molecule has 4 nitrogen and oxygen atoms in total. The second-order valence-electron chi connectivity index (χ2n) is 3.55. The maximum Gasteiger partial charge on any atom is 0.271 e. The van der Waals surface area contributed by atoms with E-state index in [2.05, 4.69) is 33.3 Å². The largest absolute Gasteiger partial charge is 0.351 e. The van der Waals surface area contributed by atoms with E-state index in [0.29, 0.717) is 17.1 Å². The number of halogens is 1. The van der Waals surface area contributed by atoms with Crippen molar-refractivity contribution in [2.45, 2.75) is 24.6 Å². The zero-order valence-corrected chi connectivity index (χ0v) is 10.6. The van der Waals surface area contributed by atoms with Crippen molar-refractivity contribution in [1.29, 1.82) is 0 Å². The summed E-state index contributed by atoms with van der Waals surface area (Å²) >= 11 is 3.46. The van der Waals surface area contributed by atoms with E-state index in [1.807, 2.05) is 0 Å². The highest BCUT2D eigenvalue weighted by Gasteiger charge is 2.07. The van der Waals surface area contributed by atoms with Gasteiger partial charge in [0, 0.05) is 24.6 Å². The summed E-state index contributed by atoms with van der Waals surface area (Å²) in [4.78, 5) is 12.0. The molecule has 1 amide bonds. The van der Waals surface area contributed by atoms with Gasteiger partial charge in [-0.05, 0) is 18.9 Å². The van der Waals surface area contributed by atoms with Crippen molar-refractivity contribution in [3.8, 4) is 0 Å². The number of amides is 1. The fourth-order valence-electron chi connectivity index (χ4n) is 1.21. The van der Waals surface area contributed by atoms with Gasteiger partial charge >= 0.3 is 0 Å². The molecule has 5 heteroatoms. The number of hydrogen-bond donors (Lipinski definition) is 1. The van der Waals surface area contributed by atoms with Crippen molar-refractivity contribution in [2.24, 2.45) is 7.05 Å². The van der Waals surface area contributed by atoms with Crippen molar-refractivity contribution in [1.82, 2.24) is 15.1 Å². The quantitative estimate of drug-likeness (QED) is 0.656. The predicted molar refractivity (Wildman–Crippen MR) is 63.2 cm³/mol. The van der Waals surface area contributed by atoms with Crippen LogP contribution in [0.15, 0.2) is 12.3 Å². The summed E-state index contributed by atoms with van der Waals surface area (Å²) < 4.78 is 1.62. The van der Waals surface area contributed by atoms with Crippen LogP contribution in [0.4, 0.5) is 0 Å². The number of aromatic nitrogens is 2. The number of rotatable bonds is 5. The normalized spacial score (nSPS) is 12.5. The highest BCUT2D eigenvalue weighted by atomic mass is 79.9. The summed E-state index contributed by atoms with van der Waals surface area (Å²) in [5.74, 6) is -0.0992. The zero-order chi connectivity index (χ0) is 11.3. The first kappa shape index (κ1) is 12.2. The lowest BCUT2D eigenvalue weighted by Gasteiger charge is -2.04. The highest BCUT2D eigenvalue weighted by Crippen LogP contribution is 2.05. The summed E-state index contributed by atoms with van der Waals surface area (Å²) in [5.41, 5.74) is 0.476. The third kappa shape index (κ3) is 4.46. The number of carbonyl (C=O) groups excluding carboxylic acids is 1. The van der Waals surface area contributed by atoms with Crippen LogP contribution >= 0.6 is 15.9 Å². The summed E-state index contributed by atoms with van der Waals surface area (Å²) in [7, 11) is 1.79. The maximum atomic E-state index is 11.5. The molecule has 0 bridgehead atoms. The fraction of sp³-hybridized carbons (Fsp3) is 0.600. The predicted octanol–water partition coefficient (Wildman–Crippen LogP) is 1.71. The molecule has 0 fully saturated rings. The second kappa shape index (κ2) is 5.90. The summed E-state index contributed by atoms with van der Waals surface area (Å²) in [6.07, 6.45) is 3.79. The SMILES string of the molecule is CC(Br)CCCNC(=O)c1ccn(C)n1. The van der Waals surface area contributed by atoms with Crippen LogP contribution in [-0.4, -0.2) is 27.1 Å². The number of alkyl halides is 1. The Morgan fingerprint density at radius 1 is 1.73 bits per heavy atom. The lowest BCUT2D eigenvalue weighted by Crippen LogP contribution is -2.25. The zero-order valence-electron chi connectivity index (χ0n) is 9.03. The first-order chi connectivity index (χ1) is 7.09. The minimum Gasteiger partial charge on any atom is -0.351 e. The van der Waals surface area contributed by atoms with Crippen LogP contribution in [0.2, 0.25) is 0 Å². The van der Waals surface area contributed by atoms with Gasteiger partial charge in [-0.3, -0.25) is 9.48 Å². The average Bonchev–Trinajstić information content (AvgIpc) is 2.59. The van der Waals surface area contributed by atoms with Gasteiger partial charge in [0.05, 0.1) is 0 Å². The molecule has 1 aromatic rings. The number of nitrogens with one attached hydrogen (secondary N) is 1. The van der Waals surface area contributed by atoms with Crippen LogP contribution < -0.4 is 5.32 Å².